The molecule has 96 valence electrons. The molecule has 0 bridgehead atoms. The molecular weight excluding hydrogens is 320 g/mol. The lowest BCUT2D eigenvalue weighted by molar-refractivity contribution is 0.0521. The molecule has 1 N–H and O–H groups in total. The molecular formula is C10H11BrN4O2S. The average Bonchev–Trinajstić information content (AvgIpc) is 2.87. The van der Waals surface area contributed by atoms with Gasteiger partial charge in [0.15, 0.2) is 11.5 Å². The summed E-state index contributed by atoms with van der Waals surface area (Å²) in [6.07, 6.45) is 1.81. The molecule has 2 aromatic heterocycles. The summed E-state index contributed by atoms with van der Waals surface area (Å²) in [6.45, 7) is 2.08. The second-order valence-electron chi connectivity index (χ2n) is 3.37. The van der Waals surface area contributed by atoms with Gasteiger partial charge in [0.25, 0.3) is 0 Å². The molecule has 0 aliphatic rings. The number of nitrogens with one attached hydrogen (secondary N) is 1. The normalized spacial score (nSPS) is 10.4. The van der Waals surface area contributed by atoms with E-state index >= 15 is 0 Å². The van der Waals surface area contributed by atoms with E-state index in [4.69, 9.17) is 4.74 Å². The summed E-state index contributed by atoms with van der Waals surface area (Å²) in [6, 6.07) is 0. The predicted octanol–water partition coefficient (Wildman–Crippen LogP) is 2.56. The summed E-state index contributed by atoms with van der Waals surface area (Å²) in [4.78, 5) is 15.7. The summed E-state index contributed by atoms with van der Waals surface area (Å²) < 4.78 is 7.41. The Morgan fingerprint density at radius 1 is 1.67 bits per heavy atom. The van der Waals surface area contributed by atoms with E-state index in [0.717, 1.165) is 4.47 Å². The fraction of sp³-hybridized carbons (Fsp3) is 0.300. The van der Waals surface area contributed by atoms with Gasteiger partial charge in [-0.25, -0.2) is 9.78 Å². The smallest absolute Gasteiger partial charge is 0.360 e. The Morgan fingerprint density at radius 3 is 3.06 bits per heavy atom. The van der Waals surface area contributed by atoms with E-state index in [-0.39, 0.29) is 5.69 Å². The van der Waals surface area contributed by atoms with Gasteiger partial charge in [-0.2, -0.15) is 5.10 Å². The van der Waals surface area contributed by atoms with Crippen LogP contribution in [0.5, 0.6) is 0 Å². The van der Waals surface area contributed by atoms with Crippen molar-refractivity contribution in [3.8, 4) is 0 Å². The van der Waals surface area contributed by atoms with E-state index in [2.05, 4.69) is 31.3 Å². The largest absolute Gasteiger partial charge is 0.461 e. The van der Waals surface area contributed by atoms with E-state index in [1.165, 1.54) is 11.3 Å². The first kappa shape index (κ1) is 13.0. The SMILES string of the molecule is CCOC(=O)c1ncsc1Nc1nn(C)cc1Br. The van der Waals surface area contributed by atoms with Crippen LogP contribution in [0.15, 0.2) is 16.2 Å². The van der Waals surface area contributed by atoms with Crippen LogP contribution in [0.1, 0.15) is 17.4 Å². The van der Waals surface area contributed by atoms with Gasteiger partial charge in [0.1, 0.15) is 5.00 Å². The van der Waals surface area contributed by atoms with Crippen molar-refractivity contribution < 1.29 is 9.53 Å². The zero-order chi connectivity index (χ0) is 13.1. The third-order valence-electron chi connectivity index (χ3n) is 2.05. The number of carbonyl (C=O) groups excluding carboxylic acids is 1. The fourth-order valence-electron chi connectivity index (χ4n) is 1.33. The van der Waals surface area contributed by atoms with Gasteiger partial charge in [-0.3, -0.25) is 4.68 Å². The van der Waals surface area contributed by atoms with E-state index in [0.29, 0.717) is 17.4 Å². The number of carbonyl (C=O) groups is 1. The Balaban J connectivity index is 2.22. The summed E-state index contributed by atoms with van der Waals surface area (Å²) in [7, 11) is 1.81. The summed E-state index contributed by atoms with van der Waals surface area (Å²) in [5.74, 6) is 0.195. The number of anilines is 2. The lowest BCUT2D eigenvalue weighted by atomic mass is 10.4. The molecule has 6 nitrogen and oxygen atoms in total. The van der Waals surface area contributed by atoms with Crippen molar-refractivity contribution in [2.24, 2.45) is 7.05 Å². The second kappa shape index (κ2) is 5.49. The first-order valence-corrected chi connectivity index (χ1v) is 6.85. The zero-order valence-corrected chi connectivity index (χ0v) is 12.2. The lowest BCUT2D eigenvalue weighted by Gasteiger charge is -2.03. The van der Waals surface area contributed by atoms with Crippen molar-refractivity contribution in [3.63, 3.8) is 0 Å². The monoisotopic (exact) mass is 330 g/mol. The van der Waals surface area contributed by atoms with Crippen molar-refractivity contribution in [2.45, 2.75) is 6.92 Å². The highest BCUT2D eigenvalue weighted by atomic mass is 79.9. The molecule has 18 heavy (non-hydrogen) atoms. The van der Waals surface area contributed by atoms with Crippen LogP contribution in [0, 0.1) is 0 Å². The van der Waals surface area contributed by atoms with Gasteiger partial charge in [0.2, 0.25) is 0 Å². The Bertz CT molecular complexity index is 566. The highest BCUT2D eigenvalue weighted by Crippen LogP contribution is 2.28. The number of esters is 1. The topological polar surface area (TPSA) is 69.0 Å². The Hall–Kier alpha value is -1.41. The number of nitrogens with zero attached hydrogens (tertiary/aromatic N) is 3. The highest BCUT2D eigenvalue weighted by molar-refractivity contribution is 9.10. The number of hydrogen-bond acceptors (Lipinski definition) is 6. The number of rotatable bonds is 4. The van der Waals surface area contributed by atoms with Gasteiger partial charge in [-0.05, 0) is 22.9 Å². The van der Waals surface area contributed by atoms with Gasteiger partial charge >= 0.3 is 5.97 Å². The molecule has 0 amide bonds. The lowest BCUT2D eigenvalue weighted by Crippen LogP contribution is -2.07. The quantitative estimate of drug-likeness (QED) is 0.872. The molecule has 0 saturated heterocycles. The number of ether oxygens (including phenoxy) is 1. The van der Waals surface area contributed by atoms with E-state index in [9.17, 15) is 4.79 Å². The number of halogens is 1. The Kier molecular flexibility index (Phi) is 3.97. The summed E-state index contributed by atoms with van der Waals surface area (Å²) in [5.41, 5.74) is 1.87. The molecule has 0 atom stereocenters. The molecule has 0 fully saturated rings. The van der Waals surface area contributed by atoms with Gasteiger partial charge in [0.05, 0.1) is 16.6 Å². The maximum absolute atomic E-state index is 11.7. The van der Waals surface area contributed by atoms with Gasteiger partial charge < -0.3 is 10.1 Å². The second-order valence-corrected chi connectivity index (χ2v) is 5.08. The predicted molar refractivity (Wildman–Crippen MR) is 72.3 cm³/mol. The standard InChI is InChI=1S/C10H11BrN4O2S/c1-3-17-10(16)7-9(18-5-12-7)13-8-6(11)4-15(2)14-8/h4-5H,3H2,1-2H3,(H,13,14). The van der Waals surface area contributed by atoms with Crippen LogP contribution in [-0.4, -0.2) is 27.3 Å². The van der Waals surface area contributed by atoms with Crippen LogP contribution in [-0.2, 0) is 11.8 Å². The summed E-state index contributed by atoms with van der Waals surface area (Å²) >= 11 is 4.70. The maximum Gasteiger partial charge on any atom is 0.360 e. The zero-order valence-electron chi connectivity index (χ0n) is 9.81. The van der Waals surface area contributed by atoms with Gasteiger partial charge in [0, 0.05) is 13.2 Å². The van der Waals surface area contributed by atoms with Crippen LogP contribution in [0.2, 0.25) is 0 Å². The first-order chi connectivity index (χ1) is 8.61. The Morgan fingerprint density at radius 2 is 2.44 bits per heavy atom. The summed E-state index contributed by atoms with van der Waals surface area (Å²) in [5, 5.41) is 7.89. The van der Waals surface area contributed by atoms with Crippen molar-refractivity contribution in [3.05, 3.63) is 21.9 Å². The number of hydrogen-bond donors (Lipinski definition) is 1. The molecule has 8 heteroatoms. The average molecular weight is 331 g/mol. The molecule has 0 saturated carbocycles. The third-order valence-corrected chi connectivity index (χ3v) is 3.37. The minimum Gasteiger partial charge on any atom is -0.461 e. The van der Waals surface area contributed by atoms with E-state index < -0.39 is 5.97 Å². The first-order valence-electron chi connectivity index (χ1n) is 5.18. The molecule has 0 aromatic carbocycles. The molecule has 0 radical (unpaired) electrons. The van der Waals surface area contributed by atoms with Gasteiger partial charge in [-0.15, -0.1) is 11.3 Å². The fourth-order valence-corrected chi connectivity index (χ4v) is 2.47. The van der Waals surface area contributed by atoms with Crippen molar-refractivity contribution in [1.29, 1.82) is 0 Å². The van der Waals surface area contributed by atoms with Crippen LogP contribution >= 0.6 is 27.3 Å². The van der Waals surface area contributed by atoms with Crippen LogP contribution in [0.25, 0.3) is 0 Å². The minimum absolute atomic E-state index is 0.277. The van der Waals surface area contributed by atoms with Crippen LogP contribution in [0.4, 0.5) is 10.8 Å². The number of aromatic nitrogens is 3. The van der Waals surface area contributed by atoms with Crippen molar-refractivity contribution >= 4 is 44.1 Å². The molecule has 0 aliphatic heterocycles. The Labute approximate surface area is 116 Å². The van der Waals surface area contributed by atoms with Crippen LogP contribution < -0.4 is 5.32 Å². The third kappa shape index (κ3) is 2.70. The van der Waals surface area contributed by atoms with E-state index in [1.807, 2.05) is 13.2 Å². The molecule has 0 aliphatic carbocycles. The van der Waals surface area contributed by atoms with Gasteiger partial charge in [-0.1, -0.05) is 0 Å². The van der Waals surface area contributed by atoms with E-state index in [1.54, 1.807) is 17.1 Å². The van der Waals surface area contributed by atoms with Crippen molar-refractivity contribution in [2.75, 3.05) is 11.9 Å². The molecule has 0 spiro atoms. The molecule has 2 aromatic rings. The molecule has 2 rings (SSSR count). The van der Waals surface area contributed by atoms with Crippen LogP contribution in [0.3, 0.4) is 0 Å². The number of thiazole rings is 1. The maximum atomic E-state index is 11.7. The highest BCUT2D eigenvalue weighted by Gasteiger charge is 2.17. The minimum atomic E-state index is -0.437. The molecule has 2 heterocycles. The van der Waals surface area contributed by atoms with Crippen molar-refractivity contribution in [1.82, 2.24) is 14.8 Å². The molecule has 0 unspecified atom stereocenters. The number of aryl methyl sites for hydroxylation is 1.